The summed E-state index contributed by atoms with van der Waals surface area (Å²) >= 11 is 5.43. The molecule has 1 unspecified atom stereocenters. The molecule has 1 aromatic carbocycles. The van der Waals surface area contributed by atoms with Crippen LogP contribution in [0.3, 0.4) is 0 Å². The second-order valence-electron chi connectivity index (χ2n) is 4.24. The lowest BCUT2D eigenvalue weighted by Gasteiger charge is -2.13. The summed E-state index contributed by atoms with van der Waals surface area (Å²) in [6.45, 7) is 7.20. The van der Waals surface area contributed by atoms with Crippen molar-refractivity contribution in [3.63, 3.8) is 0 Å². The number of halogens is 1. The molecule has 0 saturated heterocycles. The Hall–Kier alpha value is -0.150. The van der Waals surface area contributed by atoms with Gasteiger partial charge >= 0.3 is 0 Å². The van der Waals surface area contributed by atoms with Crippen LogP contribution >= 0.6 is 27.7 Å². The van der Waals surface area contributed by atoms with E-state index in [2.05, 4.69) is 55.1 Å². The van der Waals surface area contributed by atoms with E-state index in [0.717, 1.165) is 18.1 Å². The zero-order valence-electron chi connectivity index (χ0n) is 10.3. The molecule has 3 heteroatoms. The maximum atomic E-state index is 5.80. The fourth-order valence-corrected chi connectivity index (χ4v) is 2.45. The molecule has 1 atom stereocenters. The molecule has 0 bridgehead atoms. The van der Waals surface area contributed by atoms with Gasteiger partial charge in [-0.1, -0.05) is 22.9 Å². The van der Waals surface area contributed by atoms with Gasteiger partial charge < -0.3 is 4.74 Å². The quantitative estimate of drug-likeness (QED) is 0.795. The van der Waals surface area contributed by atoms with Crippen molar-refractivity contribution in [2.24, 2.45) is 5.92 Å². The number of benzene rings is 1. The Kier molecular flexibility index (Phi) is 5.70. The lowest BCUT2D eigenvalue weighted by atomic mass is 10.1. The first kappa shape index (κ1) is 13.9. The van der Waals surface area contributed by atoms with Gasteiger partial charge in [0.2, 0.25) is 0 Å². The minimum absolute atomic E-state index is 0.597. The Morgan fingerprint density at radius 3 is 2.38 bits per heavy atom. The summed E-state index contributed by atoms with van der Waals surface area (Å²) in [5, 5.41) is 0. The van der Waals surface area contributed by atoms with E-state index >= 15 is 0 Å². The highest BCUT2D eigenvalue weighted by Crippen LogP contribution is 2.26. The molecule has 0 heterocycles. The van der Waals surface area contributed by atoms with Crippen LogP contribution in [0.4, 0.5) is 0 Å². The molecule has 0 spiro atoms. The third-order valence-corrected chi connectivity index (χ3v) is 4.55. The predicted octanol–water partition coefficient (Wildman–Crippen LogP) is 4.44. The van der Waals surface area contributed by atoms with E-state index in [1.54, 1.807) is 0 Å². The van der Waals surface area contributed by atoms with Gasteiger partial charge in [-0.25, -0.2) is 0 Å². The molecule has 16 heavy (non-hydrogen) atoms. The van der Waals surface area contributed by atoms with Crippen LogP contribution in [0.5, 0.6) is 5.75 Å². The number of hydrogen-bond acceptors (Lipinski definition) is 2. The Labute approximate surface area is 111 Å². The number of thioether (sulfide) groups is 1. The zero-order chi connectivity index (χ0) is 12.1. The van der Waals surface area contributed by atoms with E-state index in [4.69, 9.17) is 4.74 Å². The molecule has 0 saturated carbocycles. The molecule has 0 aliphatic heterocycles. The second kappa shape index (κ2) is 6.55. The second-order valence-corrected chi connectivity index (χ2v) is 5.95. The number of rotatable bonds is 5. The van der Waals surface area contributed by atoms with Crippen molar-refractivity contribution in [3.05, 3.63) is 27.7 Å². The standard InChI is InChI=1S/C13H19BrOS/c1-9(8-16-4)7-15-12-5-10(2)13(14)11(3)6-12/h5-6,9H,7-8H2,1-4H3. The van der Waals surface area contributed by atoms with Gasteiger partial charge in [-0.2, -0.15) is 11.8 Å². The van der Waals surface area contributed by atoms with Crippen molar-refractivity contribution in [2.45, 2.75) is 20.8 Å². The average Bonchev–Trinajstić information content (AvgIpc) is 2.23. The summed E-state index contributed by atoms with van der Waals surface area (Å²) in [5.41, 5.74) is 2.46. The van der Waals surface area contributed by atoms with Crippen LogP contribution in [-0.2, 0) is 0 Å². The minimum atomic E-state index is 0.597. The van der Waals surface area contributed by atoms with Crippen molar-refractivity contribution in [1.29, 1.82) is 0 Å². The lowest BCUT2D eigenvalue weighted by Crippen LogP contribution is -2.10. The number of hydrogen-bond donors (Lipinski definition) is 0. The first-order valence-corrected chi connectivity index (χ1v) is 7.61. The molecule has 0 aliphatic carbocycles. The van der Waals surface area contributed by atoms with E-state index in [-0.39, 0.29) is 0 Å². The van der Waals surface area contributed by atoms with Gasteiger partial charge in [0.25, 0.3) is 0 Å². The fraction of sp³-hybridized carbons (Fsp3) is 0.538. The van der Waals surface area contributed by atoms with E-state index in [0.29, 0.717) is 5.92 Å². The molecule has 0 N–H and O–H groups in total. The van der Waals surface area contributed by atoms with E-state index < -0.39 is 0 Å². The molecule has 1 aromatic rings. The smallest absolute Gasteiger partial charge is 0.119 e. The highest BCUT2D eigenvalue weighted by molar-refractivity contribution is 9.10. The maximum absolute atomic E-state index is 5.80. The van der Waals surface area contributed by atoms with Crippen LogP contribution in [0.15, 0.2) is 16.6 Å². The summed E-state index contributed by atoms with van der Waals surface area (Å²) in [5.74, 6) is 2.72. The van der Waals surface area contributed by atoms with Crippen molar-refractivity contribution >= 4 is 27.7 Å². The lowest BCUT2D eigenvalue weighted by molar-refractivity contribution is 0.273. The summed E-state index contributed by atoms with van der Waals surface area (Å²) in [4.78, 5) is 0. The van der Waals surface area contributed by atoms with Gasteiger partial charge in [0.15, 0.2) is 0 Å². The molecule has 90 valence electrons. The highest BCUT2D eigenvalue weighted by atomic mass is 79.9. The van der Waals surface area contributed by atoms with Crippen LogP contribution in [-0.4, -0.2) is 18.6 Å². The third kappa shape index (κ3) is 4.02. The summed E-state index contributed by atoms with van der Waals surface area (Å²) < 4.78 is 6.98. The average molecular weight is 303 g/mol. The topological polar surface area (TPSA) is 9.23 Å². The van der Waals surface area contributed by atoms with E-state index in [1.807, 2.05) is 11.8 Å². The van der Waals surface area contributed by atoms with Gasteiger partial charge in [-0.05, 0) is 55.0 Å². The Morgan fingerprint density at radius 1 is 1.31 bits per heavy atom. The third-order valence-electron chi connectivity index (χ3n) is 2.40. The molecule has 0 aromatic heterocycles. The largest absolute Gasteiger partial charge is 0.493 e. The molecule has 1 nitrogen and oxygen atoms in total. The van der Waals surface area contributed by atoms with Gasteiger partial charge in [0.1, 0.15) is 5.75 Å². The Balaban J connectivity index is 2.61. The van der Waals surface area contributed by atoms with Gasteiger partial charge in [0.05, 0.1) is 6.61 Å². The van der Waals surface area contributed by atoms with Crippen LogP contribution < -0.4 is 4.74 Å². The van der Waals surface area contributed by atoms with E-state index in [9.17, 15) is 0 Å². The van der Waals surface area contributed by atoms with Crippen LogP contribution in [0.1, 0.15) is 18.1 Å². The Bertz CT molecular complexity index is 329. The SMILES string of the molecule is CSCC(C)COc1cc(C)c(Br)c(C)c1. The first-order chi connectivity index (χ1) is 7.54. The van der Waals surface area contributed by atoms with Gasteiger partial charge in [-0.15, -0.1) is 0 Å². The molecular formula is C13H19BrOS. The molecule has 0 aliphatic rings. The molecule has 0 fully saturated rings. The molecule has 1 rings (SSSR count). The number of ether oxygens (including phenoxy) is 1. The van der Waals surface area contributed by atoms with Crippen LogP contribution in [0.25, 0.3) is 0 Å². The monoisotopic (exact) mass is 302 g/mol. The molecule has 0 radical (unpaired) electrons. The molecule has 0 amide bonds. The Morgan fingerprint density at radius 2 is 1.88 bits per heavy atom. The van der Waals surface area contributed by atoms with Gasteiger partial charge in [-0.3, -0.25) is 0 Å². The van der Waals surface area contributed by atoms with Crippen molar-refractivity contribution in [2.75, 3.05) is 18.6 Å². The van der Waals surface area contributed by atoms with Crippen molar-refractivity contribution < 1.29 is 4.74 Å². The number of aryl methyl sites for hydroxylation is 2. The summed E-state index contributed by atoms with van der Waals surface area (Å²) in [6, 6.07) is 4.17. The fourth-order valence-electron chi connectivity index (χ4n) is 1.56. The van der Waals surface area contributed by atoms with Crippen LogP contribution in [0.2, 0.25) is 0 Å². The van der Waals surface area contributed by atoms with E-state index in [1.165, 1.54) is 15.6 Å². The van der Waals surface area contributed by atoms with Crippen LogP contribution in [0, 0.1) is 19.8 Å². The normalized spacial score (nSPS) is 12.6. The zero-order valence-corrected chi connectivity index (χ0v) is 12.7. The minimum Gasteiger partial charge on any atom is -0.493 e. The highest BCUT2D eigenvalue weighted by Gasteiger charge is 2.05. The summed E-state index contributed by atoms with van der Waals surface area (Å²) in [6.07, 6.45) is 2.13. The predicted molar refractivity (Wildman–Crippen MR) is 76.7 cm³/mol. The van der Waals surface area contributed by atoms with Crippen molar-refractivity contribution in [3.8, 4) is 5.75 Å². The first-order valence-electron chi connectivity index (χ1n) is 5.43. The maximum Gasteiger partial charge on any atom is 0.119 e. The van der Waals surface area contributed by atoms with Gasteiger partial charge in [0, 0.05) is 4.47 Å². The van der Waals surface area contributed by atoms with Crippen molar-refractivity contribution in [1.82, 2.24) is 0 Å². The molecular weight excluding hydrogens is 284 g/mol. The summed E-state index contributed by atoms with van der Waals surface area (Å²) in [7, 11) is 0.